The second-order valence-corrected chi connectivity index (χ2v) is 3.73. The van der Waals surface area contributed by atoms with E-state index in [1.54, 1.807) is 0 Å². The van der Waals surface area contributed by atoms with E-state index in [1.807, 2.05) is 0 Å². The van der Waals surface area contributed by atoms with E-state index < -0.39 is 0 Å². The molecule has 1 amide bonds. The van der Waals surface area contributed by atoms with Crippen LogP contribution in [0.25, 0.3) is 0 Å². The number of ketones is 1. The first-order valence-corrected chi connectivity index (χ1v) is 4.59. The lowest BCUT2D eigenvalue weighted by Gasteiger charge is -2.15. The van der Waals surface area contributed by atoms with Gasteiger partial charge in [0.15, 0.2) is 5.78 Å². The number of Topliss-reactive ketones (excluding diaryl/α,β-unsaturated/α-hetero) is 1. The third-order valence-corrected chi connectivity index (χ3v) is 2.87. The van der Waals surface area contributed by atoms with Crippen LogP contribution in [0.1, 0.15) is 32.1 Å². The van der Waals surface area contributed by atoms with E-state index in [1.165, 1.54) is 12.8 Å². The van der Waals surface area contributed by atoms with Gasteiger partial charge in [-0.2, -0.15) is 0 Å². The average Bonchev–Trinajstić information content (AvgIpc) is 2.58. The Morgan fingerprint density at radius 3 is 2.33 bits per heavy atom. The van der Waals surface area contributed by atoms with Gasteiger partial charge in [-0.3, -0.25) is 9.59 Å². The quantitative estimate of drug-likeness (QED) is 0.582. The van der Waals surface area contributed by atoms with Crippen LogP contribution in [-0.2, 0) is 9.59 Å². The molecule has 12 heavy (non-hydrogen) atoms. The standard InChI is InChI=1S/C9H13NO2/c11-7-5-8(12)10-9(7)6-3-1-2-4-6/h6,9H,1-5H2,(H,10,12). The molecule has 1 atom stereocenters. The van der Waals surface area contributed by atoms with Crippen molar-refractivity contribution >= 4 is 11.7 Å². The van der Waals surface area contributed by atoms with Crippen molar-refractivity contribution in [3.63, 3.8) is 0 Å². The van der Waals surface area contributed by atoms with Gasteiger partial charge in [0, 0.05) is 0 Å². The Bertz CT molecular complexity index is 219. The van der Waals surface area contributed by atoms with Crippen molar-refractivity contribution in [2.75, 3.05) is 0 Å². The molecule has 0 radical (unpaired) electrons. The van der Waals surface area contributed by atoms with E-state index in [0.29, 0.717) is 5.92 Å². The van der Waals surface area contributed by atoms with Gasteiger partial charge in [-0.25, -0.2) is 0 Å². The van der Waals surface area contributed by atoms with E-state index >= 15 is 0 Å². The van der Waals surface area contributed by atoms with Crippen molar-refractivity contribution in [3.05, 3.63) is 0 Å². The summed E-state index contributed by atoms with van der Waals surface area (Å²) in [7, 11) is 0. The van der Waals surface area contributed by atoms with Gasteiger partial charge in [0.1, 0.15) is 0 Å². The van der Waals surface area contributed by atoms with Crippen LogP contribution >= 0.6 is 0 Å². The molecule has 1 saturated carbocycles. The maximum absolute atomic E-state index is 11.3. The zero-order valence-electron chi connectivity index (χ0n) is 7.01. The van der Waals surface area contributed by atoms with Crippen molar-refractivity contribution in [1.29, 1.82) is 0 Å². The SMILES string of the molecule is O=C1CC(=O)C(C2CCCC2)N1. The second kappa shape index (κ2) is 2.88. The van der Waals surface area contributed by atoms with Gasteiger partial charge in [0.25, 0.3) is 0 Å². The molecule has 1 unspecified atom stereocenters. The number of hydrogen-bond donors (Lipinski definition) is 1. The zero-order chi connectivity index (χ0) is 8.55. The molecular formula is C9H13NO2. The Morgan fingerprint density at radius 1 is 1.17 bits per heavy atom. The van der Waals surface area contributed by atoms with Gasteiger partial charge < -0.3 is 5.32 Å². The van der Waals surface area contributed by atoms with Crippen LogP contribution in [0.5, 0.6) is 0 Å². The summed E-state index contributed by atoms with van der Waals surface area (Å²) in [5, 5.41) is 2.76. The Morgan fingerprint density at radius 2 is 1.83 bits per heavy atom. The topological polar surface area (TPSA) is 46.2 Å². The van der Waals surface area contributed by atoms with E-state index in [4.69, 9.17) is 0 Å². The Balaban J connectivity index is 2.03. The molecule has 3 nitrogen and oxygen atoms in total. The van der Waals surface area contributed by atoms with Gasteiger partial charge in [0.05, 0.1) is 12.5 Å². The highest BCUT2D eigenvalue weighted by atomic mass is 16.2. The number of amides is 1. The minimum atomic E-state index is -0.139. The van der Waals surface area contributed by atoms with Gasteiger partial charge >= 0.3 is 0 Å². The minimum Gasteiger partial charge on any atom is -0.346 e. The molecule has 0 aromatic heterocycles. The molecule has 2 fully saturated rings. The monoisotopic (exact) mass is 167 g/mol. The first kappa shape index (κ1) is 7.77. The largest absolute Gasteiger partial charge is 0.346 e. The van der Waals surface area contributed by atoms with Crippen molar-refractivity contribution in [3.8, 4) is 0 Å². The number of hydrogen-bond acceptors (Lipinski definition) is 2. The summed E-state index contributed by atoms with van der Waals surface area (Å²) in [6, 6.07) is -0.139. The van der Waals surface area contributed by atoms with Crippen molar-refractivity contribution in [2.45, 2.75) is 38.1 Å². The predicted octanol–water partition coefficient (Wildman–Crippen LogP) is 0.634. The van der Waals surface area contributed by atoms with Crippen molar-refractivity contribution in [2.24, 2.45) is 5.92 Å². The van der Waals surface area contributed by atoms with Crippen LogP contribution in [-0.4, -0.2) is 17.7 Å². The number of nitrogens with one attached hydrogen (secondary N) is 1. The zero-order valence-corrected chi connectivity index (χ0v) is 7.01. The fraction of sp³-hybridized carbons (Fsp3) is 0.778. The average molecular weight is 167 g/mol. The lowest BCUT2D eigenvalue weighted by molar-refractivity contribution is -0.122. The summed E-state index contributed by atoms with van der Waals surface area (Å²) in [4.78, 5) is 22.2. The summed E-state index contributed by atoms with van der Waals surface area (Å²) < 4.78 is 0. The summed E-state index contributed by atoms with van der Waals surface area (Å²) >= 11 is 0. The highest BCUT2D eigenvalue weighted by molar-refractivity contribution is 6.07. The number of carbonyl (C=O) groups is 2. The third-order valence-electron chi connectivity index (χ3n) is 2.87. The summed E-state index contributed by atoms with van der Waals surface area (Å²) in [6.45, 7) is 0. The normalized spacial score (nSPS) is 31.2. The highest BCUT2D eigenvalue weighted by Crippen LogP contribution is 2.29. The van der Waals surface area contributed by atoms with Gasteiger partial charge in [-0.1, -0.05) is 12.8 Å². The Kier molecular flexibility index (Phi) is 1.87. The Hall–Kier alpha value is -0.860. The first-order valence-electron chi connectivity index (χ1n) is 4.59. The molecular weight excluding hydrogens is 154 g/mol. The molecule has 0 bridgehead atoms. The third kappa shape index (κ3) is 1.24. The van der Waals surface area contributed by atoms with Crippen LogP contribution in [0.4, 0.5) is 0 Å². The molecule has 2 aliphatic rings. The van der Waals surface area contributed by atoms with Gasteiger partial charge in [0.2, 0.25) is 5.91 Å². The molecule has 1 aliphatic heterocycles. The van der Waals surface area contributed by atoms with Crippen LogP contribution in [0.15, 0.2) is 0 Å². The van der Waals surface area contributed by atoms with E-state index in [9.17, 15) is 9.59 Å². The molecule has 1 N–H and O–H groups in total. The maximum Gasteiger partial charge on any atom is 0.228 e. The van der Waals surface area contributed by atoms with Crippen LogP contribution in [0.3, 0.4) is 0 Å². The molecule has 0 aromatic rings. The number of rotatable bonds is 1. The second-order valence-electron chi connectivity index (χ2n) is 3.73. The lowest BCUT2D eigenvalue weighted by Crippen LogP contribution is -2.35. The maximum atomic E-state index is 11.3. The van der Waals surface area contributed by atoms with Gasteiger partial charge in [-0.05, 0) is 18.8 Å². The number of carbonyl (C=O) groups excluding carboxylic acids is 2. The summed E-state index contributed by atoms with van der Waals surface area (Å²) in [6.07, 6.45) is 4.75. The molecule has 2 rings (SSSR count). The predicted molar refractivity (Wildman–Crippen MR) is 43.5 cm³/mol. The van der Waals surface area contributed by atoms with E-state index in [0.717, 1.165) is 12.8 Å². The lowest BCUT2D eigenvalue weighted by atomic mass is 9.96. The molecule has 66 valence electrons. The summed E-state index contributed by atoms with van der Waals surface area (Å²) in [5.41, 5.74) is 0. The van der Waals surface area contributed by atoms with E-state index in [2.05, 4.69) is 5.32 Å². The van der Waals surface area contributed by atoms with Gasteiger partial charge in [-0.15, -0.1) is 0 Å². The first-order chi connectivity index (χ1) is 5.77. The molecule has 0 spiro atoms. The molecule has 1 aliphatic carbocycles. The molecule has 0 aromatic carbocycles. The molecule has 1 heterocycles. The fourth-order valence-electron chi connectivity index (χ4n) is 2.24. The summed E-state index contributed by atoms with van der Waals surface area (Å²) in [5.74, 6) is 0.452. The molecule has 1 saturated heterocycles. The highest BCUT2D eigenvalue weighted by Gasteiger charge is 2.36. The van der Waals surface area contributed by atoms with Crippen molar-refractivity contribution in [1.82, 2.24) is 5.32 Å². The van der Waals surface area contributed by atoms with Crippen LogP contribution in [0, 0.1) is 5.92 Å². The van der Waals surface area contributed by atoms with E-state index in [-0.39, 0.29) is 24.2 Å². The Labute approximate surface area is 71.5 Å². The van der Waals surface area contributed by atoms with Crippen molar-refractivity contribution < 1.29 is 9.59 Å². The molecule has 3 heteroatoms. The fourth-order valence-corrected chi connectivity index (χ4v) is 2.24. The van der Waals surface area contributed by atoms with Crippen LogP contribution in [0.2, 0.25) is 0 Å². The van der Waals surface area contributed by atoms with Crippen LogP contribution < -0.4 is 5.32 Å². The minimum absolute atomic E-state index is 0.0862. The smallest absolute Gasteiger partial charge is 0.228 e.